The summed E-state index contributed by atoms with van der Waals surface area (Å²) in [4.78, 5) is 0. The van der Waals surface area contributed by atoms with Crippen molar-refractivity contribution >= 4 is 11.6 Å². The Labute approximate surface area is 118 Å². The SMILES string of the molecule is C[C@@]12Cc3ccccc3C[C@@H](N1)c1cc(Cl)ccc12. The predicted molar refractivity (Wildman–Crippen MR) is 78.5 cm³/mol. The van der Waals surface area contributed by atoms with Crippen molar-refractivity contribution in [1.29, 1.82) is 0 Å². The first kappa shape index (κ1) is 11.5. The standard InChI is InChI=1S/C17H16ClN/c1-17-10-12-5-3-2-4-11(12)8-16(19-17)14-9-13(18)6-7-15(14)17/h2-7,9,16,19H,8,10H2,1H3/t16-,17+/m1/s1. The number of rotatable bonds is 0. The molecule has 19 heavy (non-hydrogen) atoms. The minimum atomic E-state index is 0.0389. The van der Waals surface area contributed by atoms with Gasteiger partial charge in [-0.25, -0.2) is 0 Å². The van der Waals surface area contributed by atoms with Gasteiger partial charge in [-0.1, -0.05) is 41.9 Å². The average Bonchev–Trinajstić information content (AvgIpc) is 2.55. The van der Waals surface area contributed by atoms with Gasteiger partial charge in [0.1, 0.15) is 0 Å². The van der Waals surface area contributed by atoms with E-state index in [1.54, 1.807) is 0 Å². The second-order valence-corrected chi connectivity index (χ2v) is 6.35. The second-order valence-electron chi connectivity index (χ2n) is 5.91. The van der Waals surface area contributed by atoms with Gasteiger partial charge in [0.2, 0.25) is 0 Å². The van der Waals surface area contributed by atoms with Crippen molar-refractivity contribution in [3.05, 3.63) is 69.7 Å². The van der Waals surface area contributed by atoms with Crippen molar-refractivity contribution in [1.82, 2.24) is 5.32 Å². The summed E-state index contributed by atoms with van der Waals surface area (Å²) in [6, 6.07) is 15.5. The third-order valence-electron chi connectivity index (χ3n) is 4.56. The van der Waals surface area contributed by atoms with E-state index < -0.39 is 0 Å². The Balaban J connectivity index is 1.91. The van der Waals surface area contributed by atoms with E-state index in [-0.39, 0.29) is 5.54 Å². The molecule has 0 spiro atoms. The van der Waals surface area contributed by atoms with Crippen molar-refractivity contribution in [2.75, 3.05) is 0 Å². The zero-order valence-corrected chi connectivity index (χ0v) is 11.7. The van der Waals surface area contributed by atoms with Crippen molar-refractivity contribution < 1.29 is 0 Å². The third kappa shape index (κ3) is 1.65. The fourth-order valence-corrected chi connectivity index (χ4v) is 3.88. The van der Waals surface area contributed by atoms with E-state index in [2.05, 4.69) is 48.6 Å². The second kappa shape index (κ2) is 3.84. The summed E-state index contributed by atoms with van der Waals surface area (Å²) in [5, 5.41) is 4.65. The molecule has 2 aliphatic rings. The summed E-state index contributed by atoms with van der Waals surface area (Å²) in [6.07, 6.45) is 2.10. The molecule has 0 fully saturated rings. The van der Waals surface area contributed by atoms with Crippen molar-refractivity contribution in [3.8, 4) is 0 Å². The first-order valence-corrected chi connectivity index (χ1v) is 7.18. The normalized spacial score (nSPS) is 27.6. The Morgan fingerprint density at radius 2 is 1.95 bits per heavy atom. The Morgan fingerprint density at radius 3 is 2.79 bits per heavy atom. The molecular weight excluding hydrogens is 254 g/mol. The number of halogens is 1. The smallest absolute Gasteiger partial charge is 0.0455 e. The van der Waals surface area contributed by atoms with Crippen molar-refractivity contribution in [2.24, 2.45) is 0 Å². The van der Waals surface area contributed by atoms with Crippen LogP contribution in [-0.4, -0.2) is 0 Å². The minimum Gasteiger partial charge on any atom is -0.300 e. The molecule has 2 heteroatoms. The van der Waals surface area contributed by atoms with Gasteiger partial charge >= 0.3 is 0 Å². The maximum atomic E-state index is 6.17. The first-order chi connectivity index (χ1) is 9.16. The topological polar surface area (TPSA) is 12.0 Å². The van der Waals surface area contributed by atoms with Gasteiger partial charge in [-0.2, -0.15) is 0 Å². The molecule has 2 aromatic carbocycles. The van der Waals surface area contributed by atoms with Crippen LogP contribution in [-0.2, 0) is 18.4 Å². The van der Waals surface area contributed by atoms with E-state index in [4.69, 9.17) is 11.6 Å². The monoisotopic (exact) mass is 269 g/mol. The molecule has 0 aromatic heterocycles. The molecule has 96 valence electrons. The Hall–Kier alpha value is -1.31. The summed E-state index contributed by atoms with van der Waals surface area (Å²) >= 11 is 6.17. The van der Waals surface area contributed by atoms with Crippen LogP contribution < -0.4 is 5.32 Å². The Morgan fingerprint density at radius 1 is 1.16 bits per heavy atom. The van der Waals surface area contributed by atoms with Gasteiger partial charge in [0.25, 0.3) is 0 Å². The maximum absolute atomic E-state index is 6.17. The highest BCUT2D eigenvalue weighted by Gasteiger charge is 2.42. The van der Waals surface area contributed by atoms with Crippen LogP contribution in [0, 0.1) is 0 Å². The summed E-state index contributed by atoms with van der Waals surface area (Å²) < 4.78 is 0. The van der Waals surface area contributed by atoms with Gasteiger partial charge in [0, 0.05) is 16.6 Å². The molecule has 2 bridgehead atoms. The third-order valence-corrected chi connectivity index (χ3v) is 4.80. The predicted octanol–water partition coefficient (Wildman–Crippen LogP) is 4.00. The van der Waals surface area contributed by atoms with Crippen LogP contribution in [0.5, 0.6) is 0 Å². The molecule has 2 atom stereocenters. The van der Waals surface area contributed by atoms with E-state index in [0.29, 0.717) is 6.04 Å². The summed E-state index contributed by atoms with van der Waals surface area (Å²) in [6.45, 7) is 2.31. The lowest BCUT2D eigenvalue weighted by atomic mass is 9.82. The van der Waals surface area contributed by atoms with Crippen molar-refractivity contribution in [2.45, 2.75) is 31.3 Å². The zero-order valence-electron chi connectivity index (χ0n) is 10.9. The number of fused-ring (bicyclic) bond motifs is 6. The lowest BCUT2D eigenvalue weighted by Crippen LogP contribution is -2.36. The molecule has 2 aliphatic heterocycles. The van der Waals surface area contributed by atoms with E-state index in [0.717, 1.165) is 17.9 Å². The number of hydrogen-bond acceptors (Lipinski definition) is 1. The van der Waals surface area contributed by atoms with Gasteiger partial charge in [-0.3, -0.25) is 0 Å². The molecule has 0 saturated heterocycles. The van der Waals surface area contributed by atoms with Gasteiger partial charge in [0.05, 0.1) is 0 Å². The molecule has 1 nitrogen and oxygen atoms in total. The average molecular weight is 270 g/mol. The van der Waals surface area contributed by atoms with E-state index >= 15 is 0 Å². The lowest BCUT2D eigenvalue weighted by molar-refractivity contribution is 0.368. The molecule has 0 amide bonds. The van der Waals surface area contributed by atoms with Crippen LogP contribution in [0.2, 0.25) is 5.02 Å². The maximum Gasteiger partial charge on any atom is 0.0455 e. The largest absolute Gasteiger partial charge is 0.300 e. The lowest BCUT2D eigenvalue weighted by Gasteiger charge is -2.26. The quantitative estimate of drug-likeness (QED) is 0.762. The van der Waals surface area contributed by atoms with Crippen LogP contribution in [0.1, 0.15) is 35.2 Å². The highest BCUT2D eigenvalue weighted by Crippen LogP contribution is 2.44. The van der Waals surface area contributed by atoms with Gasteiger partial charge in [0.15, 0.2) is 0 Å². The fourth-order valence-electron chi connectivity index (χ4n) is 3.70. The number of nitrogens with one attached hydrogen (secondary N) is 1. The highest BCUT2D eigenvalue weighted by atomic mass is 35.5. The zero-order chi connectivity index (χ0) is 13.0. The molecule has 2 aromatic rings. The molecule has 0 saturated carbocycles. The molecular formula is C17H16ClN. The highest BCUT2D eigenvalue weighted by molar-refractivity contribution is 6.30. The Bertz CT molecular complexity index is 664. The molecule has 0 unspecified atom stereocenters. The van der Waals surface area contributed by atoms with Crippen molar-refractivity contribution in [3.63, 3.8) is 0 Å². The fraction of sp³-hybridized carbons (Fsp3) is 0.294. The van der Waals surface area contributed by atoms with Gasteiger partial charge in [-0.05, 0) is 54.2 Å². The van der Waals surface area contributed by atoms with Crippen LogP contribution >= 0.6 is 11.6 Å². The van der Waals surface area contributed by atoms with Gasteiger partial charge < -0.3 is 5.32 Å². The van der Waals surface area contributed by atoms with Crippen LogP contribution in [0.3, 0.4) is 0 Å². The van der Waals surface area contributed by atoms with Crippen LogP contribution in [0.15, 0.2) is 42.5 Å². The van der Waals surface area contributed by atoms with E-state index in [9.17, 15) is 0 Å². The summed E-state index contributed by atoms with van der Waals surface area (Å²) in [5.74, 6) is 0. The minimum absolute atomic E-state index is 0.0389. The molecule has 0 radical (unpaired) electrons. The molecule has 4 rings (SSSR count). The van der Waals surface area contributed by atoms with E-state index in [1.807, 2.05) is 6.07 Å². The first-order valence-electron chi connectivity index (χ1n) is 6.80. The van der Waals surface area contributed by atoms with E-state index in [1.165, 1.54) is 22.3 Å². The Kier molecular flexibility index (Phi) is 2.33. The molecule has 1 N–H and O–H groups in total. The molecule has 2 heterocycles. The number of hydrogen-bond donors (Lipinski definition) is 1. The summed E-state index contributed by atoms with van der Waals surface area (Å²) in [7, 11) is 0. The summed E-state index contributed by atoms with van der Waals surface area (Å²) in [5.41, 5.74) is 5.77. The van der Waals surface area contributed by atoms with Gasteiger partial charge in [-0.15, -0.1) is 0 Å². The van der Waals surface area contributed by atoms with Crippen LogP contribution in [0.25, 0.3) is 0 Å². The van der Waals surface area contributed by atoms with Crippen LogP contribution in [0.4, 0.5) is 0 Å². The number of benzene rings is 2. The molecule has 0 aliphatic carbocycles.